The maximum Gasteiger partial charge on any atom is 0.295 e. The Hall–Kier alpha value is -3.93. The Labute approximate surface area is 205 Å². The number of aliphatic hydroxyl groups excluding tert-OH is 1. The lowest BCUT2D eigenvalue weighted by atomic mass is 9.85. The molecule has 1 aromatic heterocycles. The van der Waals surface area contributed by atoms with E-state index in [0.717, 1.165) is 22.3 Å². The van der Waals surface area contributed by atoms with Crippen LogP contribution in [0.2, 0.25) is 0 Å². The van der Waals surface area contributed by atoms with Gasteiger partial charge in [-0.25, -0.2) is 0 Å². The quantitative estimate of drug-likeness (QED) is 0.310. The van der Waals surface area contributed by atoms with Crippen LogP contribution in [0.15, 0.2) is 72.6 Å². The van der Waals surface area contributed by atoms with Gasteiger partial charge in [-0.15, -0.1) is 0 Å². The average Bonchev–Trinajstić information content (AvgIpc) is 3.08. The van der Waals surface area contributed by atoms with Crippen LogP contribution >= 0.6 is 0 Å². The topological polar surface area (TPSA) is 79.7 Å². The van der Waals surface area contributed by atoms with Crippen molar-refractivity contribution in [2.45, 2.75) is 45.7 Å². The summed E-state index contributed by atoms with van der Waals surface area (Å²) in [5.74, 6) is -0.879. The number of likely N-dealkylation sites (tertiary alicyclic amines) is 1. The Morgan fingerprint density at radius 1 is 1.09 bits per heavy atom. The second-order valence-corrected chi connectivity index (χ2v) is 9.84. The molecule has 0 aliphatic carbocycles. The number of ether oxygens (including phenoxy) is 1. The van der Waals surface area contributed by atoms with E-state index in [-0.39, 0.29) is 23.3 Å². The summed E-state index contributed by atoms with van der Waals surface area (Å²) in [6.07, 6.45) is 3.33. The molecule has 6 heteroatoms. The standard InChI is InChI=1S/C29H30N2O4/c1-18-15-21(10-13-23(18)35-5)26(32)24-25(20-8-11-22(12-9-20)29(2,3)4)31(28(34)27(24)33)17-19-7-6-14-30-16-19/h6-16,25,32H,17H2,1-5H3/b26-24+/t25-/m1/s1. The lowest BCUT2D eigenvalue weighted by molar-refractivity contribution is -0.140. The SMILES string of the molecule is COc1ccc(/C(O)=C2\C(=O)C(=O)N(Cc3cccnc3)[C@@H]2c2ccc(C(C)(C)C)cc2)cc1C. The van der Waals surface area contributed by atoms with Crippen LogP contribution in [0.3, 0.4) is 0 Å². The van der Waals surface area contributed by atoms with Gasteiger partial charge in [0, 0.05) is 24.5 Å². The average molecular weight is 471 g/mol. The largest absolute Gasteiger partial charge is 0.507 e. The van der Waals surface area contributed by atoms with E-state index < -0.39 is 17.7 Å². The molecule has 0 saturated carbocycles. The van der Waals surface area contributed by atoms with Gasteiger partial charge < -0.3 is 14.7 Å². The number of hydrogen-bond donors (Lipinski definition) is 1. The highest BCUT2D eigenvalue weighted by molar-refractivity contribution is 6.46. The summed E-state index contributed by atoms with van der Waals surface area (Å²) in [6, 6.07) is 16.0. The molecule has 4 rings (SSSR count). The molecule has 0 spiro atoms. The number of aliphatic hydroxyl groups is 1. The van der Waals surface area contributed by atoms with Crippen LogP contribution < -0.4 is 4.74 Å². The predicted molar refractivity (Wildman–Crippen MR) is 135 cm³/mol. The van der Waals surface area contributed by atoms with Crippen molar-refractivity contribution >= 4 is 17.4 Å². The minimum absolute atomic E-state index is 0.0450. The molecule has 1 fully saturated rings. The third-order valence-electron chi connectivity index (χ3n) is 6.38. The Balaban J connectivity index is 1.86. The van der Waals surface area contributed by atoms with Crippen molar-refractivity contribution in [3.8, 4) is 5.75 Å². The molecule has 0 radical (unpaired) electrons. The summed E-state index contributed by atoms with van der Waals surface area (Å²) in [7, 11) is 1.58. The zero-order chi connectivity index (χ0) is 25.3. The Morgan fingerprint density at radius 3 is 2.37 bits per heavy atom. The van der Waals surface area contributed by atoms with Gasteiger partial charge in [0.05, 0.1) is 18.7 Å². The highest BCUT2D eigenvalue weighted by Gasteiger charge is 2.46. The van der Waals surface area contributed by atoms with E-state index in [0.29, 0.717) is 11.3 Å². The smallest absolute Gasteiger partial charge is 0.295 e. The number of Topliss-reactive ketones (excluding diaryl/α,β-unsaturated/α-hetero) is 1. The summed E-state index contributed by atoms with van der Waals surface area (Å²) in [4.78, 5) is 32.2. The summed E-state index contributed by atoms with van der Waals surface area (Å²) < 4.78 is 5.32. The van der Waals surface area contributed by atoms with Crippen LogP contribution in [0.5, 0.6) is 5.75 Å². The molecule has 1 aliphatic heterocycles. The van der Waals surface area contributed by atoms with Crippen molar-refractivity contribution in [1.29, 1.82) is 0 Å². The Kier molecular flexibility index (Phi) is 6.48. The van der Waals surface area contributed by atoms with Gasteiger partial charge >= 0.3 is 0 Å². The van der Waals surface area contributed by atoms with Gasteiger partial charge in [0.25, 0.3) is 11.7 Å². The monoisotopic (exact) mass is 470 g/mol. The van der Waals surface area contributed by atoms with Crippen LogP contribution in [-0.2, 0) is 21.5 Å². The fourth-order valence-corrected chi connectivity index (χ4v) is 4.42. The molecule has 0 unspecified atom stereocenters. The van der Waals surface area contributed by atoms with Crippen LogP contribution in [0.1, 0.15) is 54.6 Å². The molecule has 1 N–H and O–H groups in total. The van der Waals surface area contributed by atoms with Crippen LogP contribution in [0.4, 0.5) is 0 Å². The lowest BCUT2D eigenvalue weighted by Crippen LogP contribution is -2.29. The minimum Gasteiger partial charge on any atom is -0.507 e. The van der Waals surface area contributed by atoms with Gasteiger partial charge in [0.1, 0.15) is 11.5 Å². The predicted octanol–water partition coefficient (Wildman–Crippen LogP) is 5.32. The number of aryl methyl sites for hydroxylation is 1. The summed E-state index contributed by atoms with van der Waals surface area (Å²) in [5.41, 5.74) is 3.99. The molecule has 35 heavy (non-hydrogen) atoms. The molecular weight excluding hydrogens is 440 g/mol. The van der Waals surface area contributed by atoms with Gasteiger partial charge in [-0.2, -0.15) is 0 Å². The van der Waals surface area contributed by atoms with Crippen molar-refractivity contribution < 1.29 is 19.4 Å². The summed E-state index contributed by atoms with van der Waals surface area (Å²) >= 11 is 0. The summed E-state index contributed by atoms with van der Waals surface area (Å²) in [5, 5.41) is 11.3. The van der Waals surface area contributed by atoms with Crippen LogP contribution in [0, 0.1) is 6.92 Å². The number of benzene rings is 2. The zero-order valence-electron chi connectivity index (χ0n) is 20.7. The molecule has 1 amide bonds. The third kappa shape index (κ3) is 4.69. The van der Waals surface area contributed by atoms with Crippen LogP contribution in [0.25, 0.3) is 5.76 Å². The normalized spacial score (nSPS) is 17.6. The van der Waals surface area contributed by atoms with Crippen molar-refractivity contribution in [1.82, 2.24) is 9.88 Å². The lowest BCUT2D eigenvalue weighted by Gasteiger charge is -2.26. The van der Waals surface area contributed by atoms with Crippen molar-refractivity contribution in [2.75, 3.05) is 7.11 Å². The second-order valence-electron chi connectivity index (χ2n) is 9.84. The first-order chi connectivity index (χ1) is 16.6. The van der Waals surface area contributed by atoms with Gasteiger partial charge in [-0.1, -0.05) is 51.1 Å². The Morgan fingerprint density at radius 2 is 1.80 bits per heavy atom. The third-order valence-corrected chi connectivity index (χ3v) is 6.38. The number of nitrogens with zero attached hydrogens (tertiary/aromatic N) is 2. The van der Waals surface area contributed by atoms with Crippen LogP contribution in [-0.4, -0.2) is 33.8 Å². The number of hydrogen-bond acceptors (Lipinski definition) is 5. The number of amides is 1. The molecule has 2 heterocycles. The maximum absolute atomic E-state index is 13.3. The van der Waals surface area contributed by atoms with Gasteiger partial charge in [0.15, 0.2) is 0 Å². The van der Waals surface area contributed by atoms with E-state index >= 15 is 0 Å². The number of methoxy groups -OCH3 is 1. The van der Waals surface area contributed by atoms with E-state index in [1.165, 1.54) is 4.90 Å². The number of aromatic nitrogens is 1. The molecule has 1 atom stereocenters. The second kappa shape index (κ2) is 9.37. The molecule has 1 aliphatic rings. The molecule has 2 aromatic carbocycles. The van der Waals surface area contributed by atoms with E-state index in [4.69, 9.17) is 4.74 Å². The fourth-order valence-electron chi connectivity index (χ4n) is 4.42. The Bertz CT molecular complexity index is 1290. The number of rotatable bonds is 5. The van der Waals surface area contributed by atoms with E-state index in [1.807, 2.05) is 37.3 Å². The molecule has 180 valence electrons. The number of ketones is 1. The highest BCUT2D eigenvalue weighted by Crippen LogP contribution is 2.41. The molecule has 6 nitrogen and oxygen atoms in total. The first-order valence-corrected chi connectivity index (χ1v) is 11.5. The van der Waals surface area contributed by atoms with Crippen molar-refractivity contribution in [3.63, 3.8) is 0 Å². The van der Waals surface area contributed by atoms with Gasteiger partial charge in [0.2, 0.25) is 0 Å². The highest BCUT2D eigenvalue weighted by atomic mass is 16.5. The van der Waals surface area contributed by atoms with Gasteiger partial charge in [-0.05, 0) is 58.9 Å². The number of carbonyl (C=O) groups excluding carboxylic acids is 2. The molecule has 1 saturated heterocycles. The first kappa shape index (κ1) is 24.2. The van der Waals surface area contributed by atoms with E-state index in [9.17, 15) is 14.7 Å². The summed E-state index contributed by atoms with van der Waals surface area (Å²) in [6.45, 7) is 8.44. The molecular formula is C29H30N2O4. The number of pyridine rings is 1. The first-order valence-electron chi connectivity index (χ1n) is 11.5. The zero-order valence-corrected chi connectivity index (χ0v) is 20.7. The minimum atomic E-state index is -0.730. The maximum atomic E-state index is 13.3. The molecule has 0 bridgehead atoms. The van der Waals surface area contributed by atoms with Gasteiger partial charge in [-0.3, -0.25) is 14.6 Å². The van der Waals surface area contributed by atoms with Crippen molar-refractivity contribution in [3.05, 3.63) is 100 Å². The van der Waals surface area contributed by atoms with Crippen molar-refractivity contribution in [2.24, 2.45) is 0 Å². The van der Waals surface area contributed by atoms with E-state index in [1.54, 1.807) is 43.8 Å². The van der Waals surface area contributed by atoms with E-state index in [2.05, 4.69) is 25.8 Å². The number of carbonyl (C=O) groups is 2. The fraction of sp³-hybridized carbons (Fsp3) is 0.276. The molecule has 3 aromatic rings.